The van der Waals surface area contributed by atoms with Crippen LogP contribution in [-0.2, 0) is 12.8 Å². The first-order valence-electron chi connectivity index (χ1n) is 9.23. The molecule has 1 unspecified atom stereocenters. The summed E-state index contributed by atoms with van der Waals surface area (Å²) in [4.78, 5) is 24.6. The predicted octanol–water partition coefficient (Wildman–Crippen LogP) is 5.24. The van der Waals surface area contributed by atoms with Crippen molar-refractivity contribution in [3.05, 3.63) is 55.4 Å². The zero-order valence-corrected chi connectivity index (χ0v) is 17.3. The highest BCUT2D eigenvalue weighted by molar-refractivity contribution is 7.16. The van der Waals surface area contributed by atoms with E-state index in [1.54, 1.807) is 13.0 Å². The van der Waals surface area contributed by atoms with Gasteiger partial charge in [0.15, 0.2) is 0 Å². The van der Waals surface area contributed by atoms with Crippen molar-refractivity contribution in [2.24, 2.45) is 11.3 Å². The van der Waals surface area contributed by atoms with E-state index in [4.69, 9.17) is 0 Å². The average molecular weight is 398 g/mol. The first-order chi connectivity index (χ1) is 13.1. The third-order valence-electron chi connectivity index (χ3n) is 5.58. The molecule has 1 aromatic heterocycles. The summed E-state index contributed by atoms with van der Waals surface area (Å²) >= 11 is 1.46. The van der Waals surface area contributed by atoms with E-state index in [9.17, 15) is 20.2 Å². The van der Waals surface area contributed by atoms with E-state index >= 15 is 0 Å². The highest BCUT2D eigenvalue weighted by atomic mass is 32.1. The van der Waals surface area contributed by atoms with Crippen molar-refractivity contribution >= 4 is 27.9 Å². The number of nitrogens with zero attached hydrogens (tertiary/aromatic N) is 2. The number of benzene rings is 1. The van der Waals surface area contributed by atoms with Gasteiger partial charge in [-0.2, -0.15) is 5.26 Å². The number of carbonyl (C=O) groups excluding carboxylic acids is 1. The lowest BCUT2D eigenvalue weighted by Gasteiger charge is -2.33. The Morgan fingerprint density at radius 1 is 1.39 bits per heavy atom. The molecule has 1 amide bonds. The molecule has 0 bridgehead atoms. The number of thiophene rings is 1. The van der Waals surface area contributed by atoms with Crippen molar-refractivity contribution in [3.63, 3.8) is 0 Å². The molecule has 1 N–H and O–H groups in total. The fraction of sp³-hybridized carbons (Fsp3) is 0.429. The zero-order valence-electron chi connectivity index (χ0n) is 16.5. The van der Waals surface area contributed by atoms with Gasteiger partial charge in [0.1, 0.15) is 11.1 Å². The van der Waals surface area contributed by atoms with Gasteiger partial charge in [0, 0.05) is 22.1 Å². The number of nitriles is 1. The number of rotatable bonds is 3. The monoisotopic (exact) mass is 397 g/mol. The van der Waals surface area contributed by atoms with Crippen LogP contribution in [0.2, 0.25) is 0 Å². The molecular formula is C21H23N3O3S. The van der Waals surface area contributed by atoms with Gasteiger partial charge in [0.2, 0.25) is 0 Å². The summed E-state index contributed by atoms with van der Waals surface area (Å²) in [5.41, 5.74) is 2.24. The lowest BCUT2D eigenvalue weighted by atomic mass is 9.72. The van der Waals surface area contributed by atoms with Crippen LogP contribution in [0.1, 0.15) is 59.1 Å². The highest BCUT2D eigenvalue weighted by Gasteiger charge is 2.32. The number of hydrogen-bond donors (Lipinski definition) is 1. The molecule has 1 aliphatic carbocycles. The molecule has 0 fully saturated rings. The maximum Gasteiger partial charge on any atom is 0.273 e. The number of hydrogen-bond acceptors (Lipinski definition) is 5. The molecule has 1 aliphatic rings. The summed E-state index contributed by atoms with van der Waals surface area (Å²) in [6.45, 7) is 8.26. The molecule has 3 rings (SSSR count). The van der Waals surface area contributed by atoms with Gasteiger partial charge in [-0.15, -0.1) is 11.3 Å². The molecule has 0 aliphatic heterocycles. The Hall–Kier alpha value is -2.72. The van der Waals surface area contributed by atoms with Gasteiger partial charge in [-0.05, 0) is 49.1 Å². The maximum atomic E-state index is 12.8. The molecule has 2 aromatic rings. The van der Waals surface area contributed by atoms with Crippen LogP contribution in [0.3, 0.4) is 0 Å². The summed E-state index contributed by atoms with van der Waals surface area (Å²) in [7, 11) is 0. The summed E-state index contributed by atoms with van der Waals surface area (Å²) in [5, 5.41) is 24.2. The first kappa shape index (κ1) is 20.0. The zero-order chi connectivity index (χ0) is 20.6. The Bertz CT molecular complexity index is 996. The van der Waals surface area contributed by atoms with Crippen molar-refractivity contribution < 1.29 is 9.72 Å². The van der Waals surface area contributed by atoms with Gasteiger partial charge in [0.25, 0.3) is 11.6 Å². The Kier molecular flexibility index (Phi) is 5.26. The molecule has 0 spiro atoms. The maximum absolute atomic E-state index is 12.8. The number of nitro benzene ring substituents is 1. The molecule has 1 heterocycles. The summed E-state index contributed by atoms with van der Waals surface area (Å²) in [5.74, 6) is 0.108. The van der Waals surface area contributed by atoms with Crippen molar-refractivity contribution in [2.75, 3.05) is 5.32 Å². The second-order valence-corrected chi connectivity index (χ2v) is 9.39. The summed E-state index contributed by atoms with van der Waals surface area (Å²) in [6.07, 6.45) is 2.77. The minimum absolute atomic E-state index is 0.0911. The van der Waals surface area contributed by atoms with Crippen molar-refractivity contribution in [3.8, 4) is 6.07 Å². The molecule has 28 heavy (non-hydrogen) atoms. The topological polar surface area (TPSA) is 96.0 Å². The molecule has 1 atom stereocenters. The minimum Gasteiger partial charge on any atom is -0.312 e. The van der Waals surface area contributed by atoms with E-state index in [0.717, 1.165) is 29.7 Å². The predicted molar refractivity (Wildman–Crippen MR) is 110 cm³/mol. The van der Waals surface area contributed by atoms with Gasteiger partial charge in [-0.3, -0.25) is 14.9 Å². The van der Waals surface area contributed by atoms with Gasteiger partial charge in [-0.1, -0.05) is 26.8 Å². The quantitative estimate of drug-likeness (QED) is 0.566. The highest BCUT2D eigenvalue weighted by Crippen LogP contribution is 2.44. The molecular weight excluding hydrogens is 374 g/mol. The van der Waals surface area contributed by atoms with Crippen LogP contribution in [0.25, 0.3) is 0 Å². The fourth-order valence-corrected chi connectivity index (χ4v) is 5.04. The Morgan fingerprint density at radius 3 is 2.71 bits per heavy atom. The van der Waals surface area contributed by atoms with Crippen LogP contribution in [0.4, 0.5) is 10.7 Å². The van der Waals surface area contributed by atoms with Crippen molar-refractivity contribution in [1.29, 1.82) is 5.26 Å². The smallest absolute Gasteiger partial charge is 0.273 e. The van der Waals surface area contributed by atoms with Crippen molar-refractivity contribution in [1.82, 2.24) is 0 Å². The second-order valence-electron chi connectivity index (χ2n) is 8.29. The van der Waals surface area contributed by atoms with Crippen molar-refractivity contribution in [2.45, 2.75) is 47.0 Å². The SMILES string of the molecule is Cc1c(C(=O)Nc2sc3c(c2C#N)CCC(C(C)(C)C)C3)cccc1[N+](=O)[O-]. The molecule has 0 radical (unpaired) electrons. The number of carbonyl (C=O) groups is 1. The van der Waals surface area contributed by atoms with Crippen LogP contribution >= 0.6 is 11.3 Å². The van der Waals surface area contributed by atoms with Gasteiger partial charge >= 0.3 is 0 Å². The molecule has 0 saturated heterocycles. The number of fused-ring (bicyclic) bond motifs is 1. The van der Waals surface area contributed by atoms with E-state index in [-0.39, 0.29) is 16.7 Å². The first-order valence-corrected chi connectivity index (χ1v) is 10.0. The van der Waals surface area contributed by atoms with Gasteiger partial charge in [-0.25, -0.2) is 0 Å². The molecule has 6 nitrogen and oxygen atoms in total. The Morgan fingerprint density at radius 2 is 2.11 bits per heavy atom. The number of nitro groups is 1. The number of amides is 1. The second kappa shape index (κ2) is 7.36. The number of anilines is 1. The van der Waals surface area contributed by atoms with Gasteiger partial charge < -0.3 is 5.32 Å². The molecule has 7 heteroatoms. The fourth-order valence-electron chi connectivity index (χ4n) is 3.77. The summed E-state index contributed by atoms with van der Waals surface area (Å²) in [6, 6.07) is 6.69. The third kappa shape index (κ3) is 3.65. The largest absolute Gasteiger partial charge is 0.312 e. The normalized spacial score (nSPS) is 16.2. The third-order valence-corrected chi connectivity index (χ3v) is 6.75. The Balaban J connectivity index is 1.91. The number of nitrogens with one attached hydrogen (secondary N) is 1. The Labute approximate surface area is 168 Å². The average Bonchev–Trinajstić information content (AvgIpc) is 2.96. The molecule has 146 valence electrons. The van der Waals surface area contributed by atoms with Crippen LogP contribution in [0.15, 0.2) is 18.2 Å². The van der Waals surface area contributed by atoms with E-state index in [0.29, 0.717) is 22.0 Å². The van der Waals surface area contributed by atoms with E-state index in [1.165, 1.54) is 23.5 Å². The lowest BCUT2D eigenvalue weighted by molar-refractivity contribution is -0.385. The molecule has 0 saturated carbocycles. The lowest BCUT2D eigenvalue weighted by Crippen LogP contribution is -2.26. The van der Waals surface area contributed by atoms with Crippen LogP contribution in [0.5, 0.6) is 0 Å². The van der Waals surface area contributed by atoms with Crippen LogP contribution in [-0.4, -0.2) is 10.8 Å². The van der Waals surface area contributed by atoms with Crippen LogP contribution in [0, 0.1) is 39.7 Å². The van der Waals surface area contributed by atoms with E-state index in [2.05, 4.69) is 32.2 Å². The van der Waals surface area contributed by atoms with Gasteiger partial charge in [0.05, 0.1) is 10.5 Å². The van der Waals surface area contributed by atoms with E-state index < -0.39 is 10.8 Å². The van der Waals surface area contributed by atoms with E-state index in [1.807, 2.05) is 0 Å². The summed E-state index contributed by atoms with van der Waals surface area (Å²) < 4.78 is 0. The minimum atomic E-state index is -0.497. The molecule has 1 aromatic carbocycles. The van der Waals surface area contributed by atoms with Crippen LogP contribution < -0.4 is 5.32 Å². The standard InChI is InChI=1S/C21H23N3O3S/c1-12-14(6-5-7-17(12)24(26)27)19(25)23-20-16(11-22)15-9-8-13(21(2,3)4)10-18(15)28-20/h5-7,13H,8-10H2,1-4H3,(H,23,25).